The first kappa shape index (κ1) is 20.2. The lowest BCUT2D eigenvalue weighted by Crippen LogP contribution is -2.28. The largest absolute Gasteiger partial charge is 0.353 e. The minimum absolute atomic E-state index is 0.867. The van der Waals surface area contributed by atoms with E-state index >= 15 is 0 Å². The number of nitrogens with zero attached hydrogens (tertiary/aromatic N) is 2. The molecule has 2 aromatic heterocycles. The minimum atomic E-state index is 0.867. The number of thiophene rings is 2. The fourth-order valence-electron chi connectivity index (χ4n) is 1.99. The molecule has 0 fully saturated rings. The second kappa shape index (κ2) is 10.8. The number of hydrogen-bond acceptors (Lipinski definition) is 6. The molecule has 2 nitrogen and oxygen atoms in total. The topological polar surface area (TPSA) is 6.48 Å². The van der Waals surface area contributed by atoms with Crippen LogP contribution in [0.2, 0.25) is 0 Å². The third kappa shape index (κ3) is 6.31. The summed E-state index contributed by atoms with van der Waals surface area (Å²) in [4.78, 5) is 4.43. The van der Waals surface area contributed by atoms with Crippen molar-refractivity contribution >= 4 is 77.3 Å². The van der Waals surface area contributed by atoms with Crippen LogP contribution < -0.4 is 0 Å². The molecule has 8 heteroatoms. The highest BCUT2D eigenvalue weighted by molar-refractivity contribution is 8.89. The van der Waals surface area contributed by atoms with Gasteiger partial charge >= 0.3 is 0 Å². The van der Waals surface area contributed by atoms with E-state index in [1.165, 1.54) is 11.1 Å². The summed E-state index contributed by atoms with van der Waals surface area (Å²) in [5.41, 5.74) is 2.62. The molecule has 2 rings (SSSR count). The predicted octanol–water partition coefficient (Wildman–Crippen LogP) is 6.10. The van der Waals surface area contributed by atoms with E-state index in [0.717, 1.165) is 34.8 Å². The number of thiocarbonyl (C=S) groups is 2. The molecule has 0 N–H and O–H groups in total. The minimum Gasteiger partial charge on any atom is -0.353 e. The molecular formula is C16H20N2S6. The maximum atomic E-state index is 5.60. The van der Waals surface area contributed by atoms with Crippen molar-refractivity contribution in [3.05, 3.63) is 44.8 Å². The zero-order valence-electron chi connectivity index (χ0n) is 13.6. The van der Waals surface area contributed by atoms with Crippen LogP contribution in [0.1, 0.15) is 25.0 Å². The Labute approximate surface area is 171 Å². The van der Waals surface area contributed by atoms with Gasteiger partial charge in [-0.25, -0.2) is 0 Å². The Morgan fingerprint density at radius 2 is 1.29 bits per heavy atom. The summed E-state index contributed by atoms with van der Waals surface area (Å²) in [6.07, 6.45) is 0. The van der Waals surface area contributed by atoms with Crippen molar-refractivity contribution in [3.8, 4) is 0 Å². The summed E-state index contributed by atoms with van der Waals surface area (Å²) >= 11 is 14.6. The Morgan fingerprint density at radius 1 is 0.875 bits per heavy atom. The van der Waals surface area contributed by atoms with Gasteiger partial charge in [-0.1, -0.05) is 24.4 Å². The van der Waals surface area contributed by atoms with E-state index in [9.17, 15) is 0 Å². The summed E-state index contributed by atoms with van der Waals surface area (Å²) in [5.74, 6) is 0. The van der Waals surface area contributed by atoms with E-state index < -0.39 is 0 Å². The van der Waals surface area contributed by atoms with Gasteiger partial charge < -0.3 is 9.80 Å². The molecular weight excluding hydrogens is 413 g/mol. The second-order valence-corrected chi connectivity index (χ2v) is 9.95. The van der Waals surface area contributed by atoms with Crippen LogP contribution in [0.4, 0.5) is 0 Å². The standard InChI is InChI=1S/C16H20N2S6/c1-3-17(9-13-5-7-21-11-13)15(19)23-24-16(20)18(4-2)10-14-6-8-22-12-14/h5-8,11-12H,3-4,9-10H2,1-2H3. The summed E-state index contributed by atoms with van der Waals surface area (Å²) < 4.78 is 1.78. The summed E-state index contributed by atoms with van der Waals surface area (Å²) in [6, 6.07) is 4.30. The normalized spacial score (nSPS) is 10.6. The van der Waals surface area contributed by atoms with Crippen LogP contribution in [0, 0.1) is 0 Å². The van der Waals surface area contributed by atoms with Gasteiger partial charge in [0.05, 0.1) is 0 Å². The van der Waals surface area contributed by atoms with Crippen molar-refractivity contribution in [2.24, 2.45) is 0 Å². The van der Waals surface area contributed by atoms with E-state index in [1.807, 2.05) is 0 Å². The Morgan fingerprint density at radius 3 is 1.58 bits per heavy atom. The monoisotopic (exact) mass is 432 g/mol. The average molecular weight is 433 g/mol. The van der Waals surface area contributed by atoms with Gasteiger partial charge in [-0.3, -0.25) is 0 Å². The number of rotatable bonds is 6. The molecule has 0 atom stereocenters. The molecule has 2 heterocycles. The van der Waals surface area contributed by atoms with Crippen LogP contribution >= 0.6 is 68.7 Å². The van der Waals surface area contributed by atoms with E-state index in [2.05, 4.69) is 57.3 Å². The lowest BCUT2D eigenvalue weighted by atomic mass is 10.3. The van der Waals surface area contributed by atoms with E-state index in [4.69, 9.17) is 24.4 Å². The van der Waals surface area contributed by atoms with Crippen LogP contribution in [0.5, 0.6) is 0 Å². The van der Waals surface area contributed by atoms with Crippen molar-refractivity contribution in [2.75, 3.05) is 13.1 Å². The van der Waals surface area contributed by atoms with Crippen LogP contribution in [0.15, 0.2) is 33.7 Å². The Bertz CT molecular complexity index is 567. The molecule has 0 spiro atoms. The van der Waals surface area contributed by atoms with Gasteiger partial charge in [-0.05, 0) is 80.2 Å². The van der Waals surface area contributed by atoms with Crippen LogP contribution in [0.3, 0.4) is 0 Å². The smallest absolute Gasteiger partial charge is 0.147 e. The molecule has 0 bridgehead atoms. The Hall–Kier alpha value is -0.120. The molecule has 0 unspecified atom stereocenters. The average Bonchev–Trinajstić information content (AvgIpc) is 3.28. The SMILES string of the molecule is CCN(Cc1ccsc1)C(=S)SSC(=S)N(CC)Cc1ccsc1. The van der Waals surface area contributed by atoms with Crippen molar-refractivity contribution in [3.63, 3.8) is 0 Å². The van der Waals surface area contributed by atoms with Crippen LogP contribution in [0.25, 0.3) is 0 Å². The van der Waals surface area contributed by atoms with Gasteiger partial charge in [-0.2, -0.15) is 22.7 Å². The maximum Gasteiger partial charge on any atom is 0.147 e. The molecule has 0 saturated carbocycles. The van der Waals surface area contributed by atoms with E-state index in [0.29, 0.717) is 0 Å². The number of hydrogen-bond donors (Lipinski definition) is 0. The Kier molecular flexibility index (Phi) is 9.07. The van der Waals surface area contributed by atoms with Crippen molar-refractivity contribution in [1.29, 1.82) is 0 Å². The third-order valence-electron chi connectivity index (χ3n) is 3.37. The highest BCUT2D eigenvalue weighted by atomic mass is 33.1. The van der Waals surface area contributed by atoms with Gasteiger partial charge in [0.25, 0.3) is 0 Å². The fraction of sp³-hybridized carbons (Fsp3) is 0.375. The summed E-state index contributed by atoms with van der Waals surface area (Å²) in [5, 5.41) is 8.56. The van der Waals surface area contributed by atoms with Crippen molar-refractivity contribution in [1.82, 2.24) is 9.80 Å². The van der Waals surface area contributed by atoms with E-state index in [1.54, 1.807) is 44.3 Å². The molecule has 24 heavy (non-hydrogen) atoms. The fourth-order valence-corrected chi connectivity index (χ4v) is 6.11. The lowest BCUT2D eigenvalue weighted by molar-refractivity contribution is 0.451. The predicted molar refractivity (Wildman–Crippen MR) is 121 cm³/mol. The highest BCUT2D eigenvalue weighted by Crippen LogP contribution is 2.30. The molecule has 130 valence electrons. The van der Waals surface area contributed by atoms with Crippen LogP contribution in [-0.2, 0) is 13.1 Å². The summed E-state index contributed by atoms with van der Waals surface area (Å²) in [6.45, 7) is 7.81. The van der Waals surface area contributed by atoms with Gasteiger partial charge in [-0.15, -0.1) is 0 Å². The molecule has 0 aromatic carbocycles. The molecule has 0 aliphatic rings. The zero-order chi connectivity index (χ0) is 17.4. The molecule has 0 saturated heterocycles. The second-order valence-electron chi connectivity index (χ2n) is 4.99. The first-order valence-electron chi connectivity index (χ1n) is 7.58. The van der Waals surface area contributed by atoms with Gasteiger partial charge in [0.2, 0.25) is 0 Å². The van der Waals surface area contributed by atoms with Gasteiger partial charge in [0.15, 0.2) is 0 Å². The zero-order valence-corrected chi connectivity index (χ0v) is 18.5. The quantitative estimate of drug-likeness (QED) is 0.399. The van der Waals surface area contributed by atoms with Crippen LogP contribution in [-0.4, -0.2) is 31.5 Å². The highest BCUT2D eigenvalue weighted by Gasteiger charge is 2.14. The molecule has 0 radical (unpaired) electrons. The summed E-state index contributed by atoms with van der Waals surface area (Å²) in [7, 11) is 3.19. The van der Waals surface area contributed by atoms with Gasteiger partial charge in [0, 0.05) is 26.2 Å². The van der Waals surface area contributed by atoms with E-state index in [-0.39, 0.29) is 0 Å². The van der Waals surface area contributed by atoms with Gasteiger partial charge in [0.1, 0.15) is 8.64 Å². The molecule has 0 aliphatic heterocycles. The third-order valence-corrected chi connectivity index (χ3v) is 8.57. The van der Waals surface area contributed by atoms with Crippen molar-refractivity contribution in [2.45, 2.75) is 26.9 Å². The molecule has 0 aliphatic carbocycles. The first-order chi connectivity index (χ1) is 11.6. The lowest BCUT2D eigenvalue weighted by Gasteiger charge is -2.25. The van der Waals surface area contributed by atoms with Crippen molar-refractivity contribution < 1.29 is 0 Å². The first-order valence-corrected chi connectivity index (χ1v) is 12.4. The Balaban J connectivity index is 1.83. The molecule has 2 aromatic rings. The maximum absolute atomic E-state index is 5.60. The molecule has 0 amide bonds.